The van der Waals surface area contributed by atoms with Gasteiger partial charge in [0.1, 0.15) is 6.29 Å². The topological polar surface area (TPSA) is 17.1 Å². The van der Waals surface area contributed by atoms with E-state index in [1.807, 2.05) is 6.92 Å². The third-order valence-electron chi connectivity index (χ3n) is 1.90. The van der Waals surface area contributed by atoms with Crippen LogP contribution in [0.4, 0.5) is 0 Å². The van der Waals surface area contributed by atoms with Gasteiger partial charge in [0, 0.05) is 0 Å². The number of hydrogen-bond acceptors (Lipinski definition) is 1. The Balaban J connectivity index is 2.90. The molecule has 1 rings (SSSR count). The standard InChI is InChI=1S/C9H12O/c1-7-3-4-9(6-10)8(2)5-7/h5-6H,3-4H2,1-2H3. The van der Waals surface area contributed by atoms with E-state index in [9.17, 15) is 4.79 Å². The number of allylic oxidation sites excluding steroid dienone is 4. The van der Waals surface area contributed by atoms with Crippen molar-refractivity contribution >= 4 is 6.29 Å². The monoisotopic (exact) mass is 136 g/mol. The van der Waals surface area contributed by atoms with Crippen LogP contribution in [0.3, 0.4) is 0 Å². The highest BCUT2D eigenvalue weighted by molar-refractivity contribution is 5.76. The summed E-state index contributed by atoms with van der Waals surface area (Å²) in [4.78, 5) is 10.4. The van der Waals surface area contributed by atoms with Gasteiger partial charge in [0.05, 0.1) is 0 Å². The molecule has 0 aromatic carbocycles. The second-order valence-corrected chi connectivity index (χ2v) is 2.82. The summed E-state index contributed by atoms with van der Waals surface area (Å²) in [5.74, 6) is 0. The van der Waals surface area contributed by atoms with Gasteiger partial charge in [-0.1, -0.05) is 11.6 Å². The molecule has 0 saturated carbocycles. The summed E-state index contributed by atoms with van der Waals surface area (Å²) in [6.07, 6.45) is 5.04. The summed E-state index contributed by atoms with van der Waals surface area (Å²) < 4.78 is 0. The van der Waals surface area contributed by atoms with Crippen LogP contribution in [0.5, 0.6) is 0 Å². The zero-order valence-electron chi connectivity index (χ0n) is 6.48. The van der Waals surface area contributed by atoms with Gasteiger partial charge in [-0.05, 0) is 37.8 Å². The highest BCUT2D eigenvalue weighted by atomic mass is 16.1. The molecule has 0 aliphatic heterocycles. The number of rotatable bonds is 1. The average molecular weight is 136 g/mol. The Morgan fingerprint density at radius 2 is 2.10 bits per heavy atom. The molecule has 54 valence electrons. The van der Waals surface area contributed by atoms with Crippen LogP contribution < -0.4 is 0 Å². The largest absolute Gasteiger partial charge is 0.298 e. The van der Waals surface area contributed by atoms with Crippen LogP contribution in [-0.4, -0.2) is 6.29 Å². The van der Waals surface area contributed by atoms with E-state index >= 15 is 0 Å². The second-order valence-electron chi connectivity index (χ2n) is 2.82. The molecule has 0 saturated heterocycles. The molecule has 1 heteroatoms. The van der Waals surface area contributed by atoms with Crippen LogP contribution in [0.25, 0.3) is 0 Å². The Hall–Kier alpha value is -0.850. The molecule has 0 N–H and O–H groups in total. The molecule has 0 spiro atoms. The Kier molecular flexibility index (Phi) is 2.05. The first-order valence-corrected chi connectivity index (χ1v) is 3.56. The molecule has 0 radical (unpaired) electrons. The summed E-state index contributed by atoms with van der Waals surface area (Å²) in [7, 11) is 0. The maximum absolute atomic E-state index is 10.4. The number of carbonyl (C=O) groups is 1. The fraction of sp³-hybridized carbons (Fsp3) is 0.444. The summed E-state index contributed by atoms with van der Waals surface area (Å²) in [6.45, 7) is 4.09. The fourth-order valence-corrected chi connectivity index (χ4v) is 1.22. The normalized spacial score (nSPS) is 18.8. The van der Waals surface area contributed by atoms with E-state index in [1.54, 1.807) is 0 Å². The molecule has 0 aromatic heterocycles. The van der Waals surface area contributed by atoms with E-state index in [4.69, 9.17) is 0 Å². The van der Waals surface area contributed by atoms with Gasteiger partial charge in [0.15, 0.2) is 0 Å². The van der Waals surface area contributed by atoms with Crippen molar-refractivity contribution in [3.05, 3.63) is 22.8 Å². The molecule has 0 amide bonds. The molecule has 0 unspecified atom stereocenters. The van der Waals surface area contributed by atoms with Gasteiger partial charge in [-0.3, -0.25) is 4.79 Å². The van der Waals surface area contributed by atoms with Gasteiger partial charge < -0.3 is 0 Å². The van der Waals surface area contributed by atoms with Crippen molar-refractivity contribution in [1.29, 1.82) is 0 Å². The van der Waals surface area contributed by atoms with Crippen molar-refractivity contribution in [1.82, 2.24) is 0 Å². The molecule has 10 heavy (non-hydrogen) atoms. The second kappa shape index (κ2) is 2.82. The molecule has 0 bridgehead atoms. The molecule has 0 fully saturated rings. The lowest BCUT2D eigenvalue weighted by atomic mass is 9.95. The minimum absolute atomic E-state index is 0.928. The third kappa shape index (κ3) is 1.35. The average Bonchev–Trinajstić information content (AvgIpc) is 1.88. The Morgan fingerprint density at radius 1 is 1.40 bits per heavy atom. The summed E-state index contributed by atoms with van der Waals surface area (Å²) >= 11 is 0. The lowest BCUT2D eigenvalue weighted by molar-refractivity contribution is -0.105. The van der Waals surface area contributed by atoms with Crippen LogP contribution >= 0.6 is 0 Å². The quantitative estimate of drug-likeness (QED) is 0.505. The summed E-state index contributed by atoms with van der Waals surface area (Å²) in [5, 5.41) is 0. The zero-order valence-corrected chi connectivity index (χ0v) is 6.48. The molecule has 0 atom stereocenters. The van der Waals surface area contributed by atoms with Gasteiger partial charge in [-0.2, -0.15) is 0 Å². The maximum atomic E-state index is 10.4. The lowest BCUT2D eigenvalue weighted by Crippen LogP contribution is -1.96. The first kappa shape index (κ1) is 7.26. The van der Waals surface area contributed by atoms with Crippen molar-refractivity contribution in [2.24, 2.45) is 0 Å². The van der Waals surface area contributed by atoms with Crippen LogP contribution in [0, 0.1) is 0 Å². The molecule has 1 aliphatic carbocycles. The minimum atomic E-state index is 0.928. The van der Waals surface area contributed by atoms with Gasteiger partial charge in [0.25, 0.3) is 0 Å². The van der Waals surface area contributed by atoms with E-state index in [0.29, 0.717) is 0 Å². The molecule has 1 nitrogen and oxygen atoms in total. The first-order chi connectivity index (χ1) is 4.74. The van der Waals surface area contributed by atoms with Crippen molar-refractivity contribution < 1.29 is 4.79 Å². The molecular weight excluding hydrogens is 124 g/mol. The van der Waals surface area contributed by atoms with Crippen molar-refractivity contribution in [3.63, 3.8) is 0 Å². The number of hydrogen-bond donors (Lipinski definition) is 0. The summed E-state index contributed by atoms with van der Waals surface area (Å²) in [5.41, 5.74) is 3.48. The van der Waals surface area contributed by atoms with Gasteiger partial charge in [0.2, 0.25) is 0 Å². The number of aldehydes is 1. The smallest absolute Gasteiger partial charge is 0.146 e. The van der Waals surface area contributed by atoms with Crippen molar-refractivity contribution in [2.75, 3.05) is 0 Å². The van der Waals surface area contributed by atoms with Gasteiger partial charge in [-0.25, -0.2) is 0 Å². The van der Waals surface area contributed by atoms with Crippen LogP contribution in [0.1, 0.15) is 26.7 Å². The molecule has 0 aromatic rings. The van der Waals surface area contributed by atoms with Gasteiger partial charge in [-0.15, -0.1) is 0 Å². The third-order valence-corrected chi connectivity index (χ3v) is 1.90. The zero-order chi connectivity index (χ0) is 7.56. The lowest BCUT2D eigenvalue weighted by Gasteiger charge is -2.10. The van der Waals surface area contributed by atoms with E-state index in [-0.39, 0.29) is 0 Å². The van der Waals surface area contributed by atoms with E-state index in [2.05, 4.69) is 13.0 Å². The maximum Gasteiger partial charge on any atom is 0.146 e. The van der Waals surface area contributed by atoms with Crippen LogP contribution in [0.2, 0.25) is 0 Å². The van der Waals surface area contributed by atoms with E-state index in [1.165, 1.54) is 5.57 Å². The Bertz CT molecular complexity index is 209. The first-order valence-electron chi connectivity index (χ1n) is 3.56. The molecular formula is C9H12O. The summed E-state index contributed by atoms with van der Waals surface area (Å²) in [6, 6.07) is 0. The predicted octanol–water partition coefficient (Wildman–Crippen LogP) is 2.24. The number of carbonyl (C=O) groups excluding carboxylic acids is 1. The minimum Gasteiger partial charge on any atom is -0.298 e. The predicted molar refractivity (Wildman–Crippen MR) is 41.8 cm³/mol. The highest BCUT2D eigenvalue weighted by Crippen LogP contribution is 2.21. The SMILES string of the molecule is CC1=CC(C)=C(C=O)CC1. The van der Waals surface area contributed by atoms with Crippen LogP contribution in [-0.2, 0) is 4.79 Å². The molecule has 0 heterocycles. The Labute approximate surface area is 61.4 Å². The van der Waals surface area contributed by atoms with Crippen molar-refractivity contribution in [2.45, 2.75) is 26.7 Å². The highest BCUT2D eigenvalue weighted by Gasteiger charge is 2.05. The fourth-order valence-electron chi connectivity index (χ4n) is 1.22. The molecule has 1 aliphatic rings. The Morgan fingerprint density at radius 3 is 2.60 bits per heavy atom. The van der Waals surface area contributed by atoms with E-state index in [0.717, 1.165) is 30.3 Å². The van der Waals surface area contributed by atoms with Crippen molar-refractivity contribution in [3.8, 4) is 0 Å². The van der Waals surface area contributed by atoms with E-state index < -0.39 is 0 Å². The van der Waals surface area contributed by atoms with Gasteiger partial charge >= 0.3 is 0 Å². The van der Waals surface area contributed by atoms with Crippen LogP contribution in [0.15, 0.2) is 22.8 Å².